The average molecular weight is 402 g/mol. The van der Waals surface area contributed by atoms with Crippen molar-refractivity contribution in [2.24, 2.45) is 5.10 Å². The molecule has 2 aromatic carbocycles. The lowest BCUT2D eigenvalue weighted by molar-refractivity contribution is 0.912. The molecule has 26 heavy (non-hydrogen) atoms. The van der Waals surface area contributed by atoms with Gasteiger partial charge in [0.25, 0.3) is 0 Å². The van der Waals surface area contributed by atoms with E-state index in [0.717, 1.165) is 22.1 Å². The summed E-state index contributed by atoms with van der Waals surface area (Å²) in [6, 6.07) is 12.1. The highest BCUT2D eigenvalue weighted by Gasteiger charge is 2.13. The van der Waals surface area contributed by atoms with Gasteiger partial charge in [-0.15, -0.1) is 11.3 Å². The van der Waals surface area contributed by atoms with Crippen molar-refractivity contribution in [3.05, 3.63) is 68.5 Å². The van der Waals surface area contributed by atoms with Crippen LogP contribution in [-0.2, 0) is 12.8 Å². The monoisotopic (exact) mass is 401 g/mol. The lowest BCUT2D eigenvalue weighted by Gasteiger charge is -2.03. The molecule has 132 valence electrons. The summed E-state index contributed by atoms with van der Waals surface area (Å²) >= 11 is 13.6. The van der Waals surface area contributed by atoms with Crippen LogP contribution in [0.5, 0.6) is 0 Å². The van der Waals surface area contributed by atoms with E-state index >= 15 is 0 Å². The molecule has 1 aliphatic carbocycles. The molecule has 3 nitrogen and oxygen atoms in total. The predicted octanol–water partition coefficient (Wildman–Crippen LogP) is 6.44. The normalized spacial score (nSPS) is 13.7. The molecular weight excluding hydrogens is 385 g/mol. The number of nitrogens with zero attached hydrogens (tertiary/aromatic N) is 2. The number of benzene rings is 2. The van der Waals surface area contributed by atoms with Gasteiger partial charge in [0.2, 0.25) is 0 Å². The summed E-state index contributed by atoms with van der Waals surface area (Å²) in [4.78, 5) is 4.66. The molecule has 0 radical (unpaired) electrons. The maximum Gasteiger partial charge on any atom is 0.157 e. The Labute approximate surface area is 166 Å². The maximum atomic E-state index is 6.07. The number of nitrogens with one attached hydrogen (secondary N) is 1. The van der Waals surface area contributed by atoms with Crippen LogP contribution < -0.4 is 5.43 Å². The molecule has 0 saturated heterocycles. The van der Waals surface area contributed by atoms with E-state index in [2.05, 4.69) is 33.7 Å². The van der Waals surface area contributed by atoms with E-state index in [1.165, 1.54) is 36.0 Å². The molecule has 3 aromatic rings. The molecule has 1 aromatic heterocycles. The minimum absolute atomic E-state index is 0.520. The first kappa shape index (κ1) is 17.5. The van der Waals surface area contributed by atoms with Gasteiger partial charge >= 0.3 is 0 Å². The zero-order chi connectivity index (χ0) is 18.1. The van der Waals surface area contributed by atoms with E-state index in [-0.39, 0.29) is 0 Å². The molecule has 0 amide bonds. The third-order valence-corrected chi connectivity index (χ3v) is 6.16. The summed E-state index contributed by atoms with van der Waals surface area (Å²) in [5.74, 6) is 0.741. The smallest absolute Gasteiger partial charge is 0.157 e. The van der Waals surface area contributed by atoms with Crippen LogP contribution in [0.3, 0.4) is 0 Å². The fraction of sp³-hybridized carbons (Fsp3) is 0.200. The van der Waals surface area contributed by atoms with Crippen LogP contribution >= 0.6 is 34.5 Å². The Morgan fingerprint density at radius 3 is 2.77 bits per heavy atom. The van der Waals surface area contributed by atoms with Crippen molar-refractivity contribution in [1.82, 2.24) is 4.98 Å². The lowest BCUT2D eigenvalue weighted by Crippen LogP contribution is -2.00. The van der Waals surface area contributed by atoms with Crippen LogP contribution in [0.15, 0.2) is 46.9 Å². The molecule has 0 fully saturated rings. The number of hydrogen-bond donors (Lipinski definition) is 1. The van der Waals surface area contributed by atoms with Crippen LogP contribution in [0, 0.1) is 0 Å². The van der Waals surface area contributed by atoms with Gasteiger partial charge in [-0.05, 0) is 61.1 Å². The Morgan fingerprint density at radius 1 is 1.08 bits per heavy atom. The average Bonchev–Trinajstić information content (AvgIpc) is 3.30. The molecule has 0 bridgehead atoms. The molecule has 6 heteroatoms. The van der Waals surface area contributed by atoms with Crippen LogP contribution in [0.25, 0.3) is 10.6 Å². The number of aromatic nitrogens is 1. The van der Waals surface area contributed by atoms with Gasteiger partial charge in [-0.3, -0.25) is 5.43 Å². The summed E-state index contributed by atoms with van der Waals surface area (Å²) < 4.78 is 0. The van der Waals surface area contributed by atoms with Gasteiger partial charge < -0.3 is 0 Å². The second kappa shape index (κ2) is 7.39. The topological polar surface area (TPSA) is 37.3 Å². The number of rotatable bonds is 4. The Hall–Kier alpha value is -1.88. The SMILES string of the molecule is C/C(=N\Nc1csc(-c2ccc3c(c2)CCC3)n1)c1ccc(Cl)c(Cl)c1. The van der Waals surface area contributed by atoms with Gasteiger partial charge in [0.05, 0.1) is 15.8 Å². The number of aryl methyl sites for hydroxylation is 2. The summed E-state index contributed by atoms with van der Waals surface area (Å²) in [6.07, 6.45) is 3.63. The Morgan fingerprint density at radius 2 is 1.92 bits per heavy atom. The van der Waals surface area contributed by atoms with E-state index in [0.29, 0.717) is 10.0 Å². The summed E-state index contributed by atoms with van der Waals surface area (Å²) in [5.41, 5.74) is 8.87. The number of hydrazone groups is 1. The molecule has 0 saturated carbocycles. The number of fused-ring (bicyclic) bond motifs is 1. The molecule has 0 atom stereocenters. The molecule has 1 heterocycles. The maximum absolute atomic E-state index is 6.07. The highest BCUT2D eigenvalue weighted by Crippen LogP contribution is 2.31. The Bertz CT molecular complexity index is 994. The molecule has 0 spiro atoms. The van der Waals surface area contributed by atoms with Crippen LogP contribution in [-0.4, -0.2) is 10.7 Å². The van der Waals surface area contributed by atoms with Gasteiger partial charge in [0.1, 0.15) is 5.01 Å². The minimum Gasteiger partial charge on any atom is -0.260 e. The van der Waals surface area contributed by atoms with Crippen molar-refractivity contribution >= 4 is 46.1 Å². The summed E-state index contributed by atoms with van der Waals surface area (Å²) in [6.45, 7) is 1.92. The van der Waals surface area contributed by atoms with Crippen molar-refractivity contribution < 1.29 is 0 Å². The van der Waals surface area contributed by atoms with Gasteiger partial charge in [0.15, 0.2) is 5.82 Å². The Kier molecular flexibility index (Phi) is 4.98. The van der Waals surface area contributed by atoms with Crippen LogP contribution in [0.4, 0.5) is 5.82 Å². The molecular formula is C20H17Cl2N3S. The van der Waals surface area contributed by atoms with E-state index < -0.39 is 0 Å². The molecule has 1 N–H and O–H groups in total. The van der Waals surface area contributed by atoms with Crippen LogP contribution in [0.2, 0.25) is 10.0 Å². The van der Waals surface area contributed by atoms with Crippen molar-refractivity contribution in [3.8, 4) is 10.6 Å². The first-order chi connectivity index (χ1) is 12.6. The fourth-order valence-corrected chi connectivity index (χ4v) is 4.13. The first-order valence-electron chi connectivity index (χ1n) is 8.43. The van der Waals surface area contributed by atoms with Gasteiger partial charge in [0, 0.05) is 10.9 Å². The van der Waals surface area contributed by atoms with E-state index in [1.54, 1.807) is 23.5 Å². The second-order valence-electron chi connectivity index (χ2n) is 6.31. The lowest BCUT2D eigenvalue weighted by atomic mass is 10.1. The third-order valence-electron chi connectivity index (χ3n) is 4.53. The van der Waals surface area contributed by atoms with Crippen molar-refractivity contribution in [1.29, 1.82) is 0 Å². The zero-order valence-electron chi connectivity index (χ0n) is 14.2. The van der Waals surface area contributed by atoms with E-state index in [4.69, 9.17) is 23.2 Å². The number of halogens is 2. The van der Waals surface area contributed by atoms with Crippen molar-refractivity contribution in [2.45, 2.75) is 26.2 Å². The van der Waals surface area contributed by atoms with E-state index in [9.17, 15) is 0 Å². The molecule has 0 unspecified atom stereocenters. The number of anilines is 1. The molecule has 4 rings (SSSR count). The molecule has 0 aliphatic heterocycles. The summed E-state index contributed by atoms with van der Waals surface area (Å²) in [5, 5.41) is 8.45. The van der Waals surface area contributed by atoms with Crippen molar-refractivity contribution in [2.75, 3.05) is 5.43 Å². The van der Waals surface area contributed by atoms with E-state index in [1.807, 2.05) is 18.4 Å². The molecule has 1 aliphatic rings. The quantitative estimate of drug-likeness (QED) is 0.403. The standard InChI is InChI=1S/C20H17Cl2N3S/c1-12(14-7-8-17(21)18(22)10-14)24-25-19-11-26-20(23-19)16-6-5-13-3-2-4-15(13)9-16/h5-11,25H,2-4H2,1H3/b24-12+. The zero-order valence-corrected chi connectivity index (χ0v) is 16.5. The van der Waals surface area contributed by atoms with Gasteiger partial charge in [-0.2, -0.15) is 5.10 Å². The highest BCUT2D eigenvalue weighted by molar-refractivity contribution is 7.13. The van der Waals surface area contributed by atoms with Crippen LogP contribution in [0.1, 0.15) is 30.0 Å². The first-order valence-corrected chi connectivity index (χ1v) is 10.1. The largest absolute Gasteiger partial charge is 0.260 e. The minimum atomic E-state index is 0.520. The van der Waals surface area contributed by atoms with Crippen molar-refractivity contribution in [3.63, 3.8) is 0 Å². The fourth-order valence-electron chi connectivity index (χ4n) is 3.09. The summed E-state index contributed by atoms with van der Waals surface area (Å²) in [7, 11) is 0. The number of thiazole rings is 1. The van der Waals surface area contributed by atoms with Gasteiger partial charge in [-0.1, -0.05) is 41.4 Å². The Balaban J connectivity index is 1.50. The number of hydrogen-bond acceptors (Lipinski definition) is 4. The predicted molar refractivity (Wildman–Crippen MR) is 112 cm³/mol. The highest BCUT2D eigenvalue weighted by atomic mass is 35.5. The van der Waals surface area contributed by atoms with Gasteiger partial charge in [-0.25, -0.2) is 4.98 Å². The third kappa shape index (κ3) is 3.63. The second-order valence-corrected chi connectivity index (χ2v) is 7.99.